The summed E-state index contributed by atoms with van der Waals surface area (Å²) in [5, 5.41) is 3.82. The Bertz CT molecular complexity index is 449. The fourth-order valence-electron chi connectivity index (χ4n) is 3.51. The van der Waals surface area contributed by atoms with Crippen molar-refractivity contribution in [1.29, 1.82) is 0 Å². The van der Waals surface area contributed by atoms with E-state index in [4.69, 9.17) is 4.74 Å². The summed E-state index contributed by atoms with van der Waals surface area (Å²) in [6.45, 7) is 7.01. The van der Waals surface area contributed by atoms with Crippen LogP contribution in [0.5, 0.6) is 0 Å². The smallest absolute Gasteiger partial charge is 0.225 e. The first-order valence-electron chi connectivity index (χ1n) is 8.34. The number of rotatable bonds is 5. The van der Waals surface area contributed by atoms with Gasteiger partial charge < -0.3 is 19.9 Å². The SMILES string of the molecule is CCO[C@H]1CN(C)C[C@@H]1NC1CCN(c2ncccn2)CC1. The molecule has 2 saturated heterocycles. The van der Waals surface area contributed by atoms with Crippen molar-refractivity contribution in [3.8, 4) is 0 Å². The molecule has 0 amide bonds. The first-order valence-corrected chi connectivity index (χ1v) is 8.34. The van der Waals surface area contributed by atoms with E-state index in [1.807, 2.05) is 18.5 Å². The number of nitrogens with one attached hydrogen (secondary N) is 1. The van der Waals surface area contributed by atoms with E-state index in [1.54, 1.807) is 0 Å². The molecule has 3 heterocycles. The molecule has 0 saturated carbocycles. The van der Waals surface area contributed by atoms with Crippen LogP contribution in [0.15, 0.2) is 18.5 Å². The number of anilines is 1. The minimum atomic E-state index is 0.325. The molecule has 1 aromatic heterocycles. The second kappa shape index (κ2) is 7.35. The number of piperidine rings is 1. The van der Waals surface area contributed by atoms with Crippen molar-refractivity contribution in [1.82, 2.24) is 20.2 Å². The molecule has 0 unspecified atom stereocenters. The number of aromatic nitrogens is 2. The maximum atomic E-state index is 5.88. The van der Waals surface area contributed by atoms with Gasteiger partial charge >= 0.3 is 0 Å². The fourth-order valence-corrected chi connectivity index (χ4v) is 3.51. The highest BCUT2D eigenvalue weighted by Gasteiger charge is 2.33. The van der Waals surface area contributed by atoms with E-state index < -0.39 is 0 Å². The highest BCUT2D eigenvalue weighted by molar-refractivity contribution is 5.29. The molecule has 0 radical (unpaired) electrons. The predicted molar refractivity (Wildman–Crippen MR) is 87.1 cm³/mol. The third-order valence-corrected chi connectivity index (χ3v) is 4.61. The Kier molecular flexibility index (Phi) is 5.23. The molecule has 2 fully saturated rings. The summed E-state index contributed by atoms with van der Waals surface area (Å²) in [6, 6.07) is 2.89. The van der Waals surface area contributed by atoms with Gasteiger partial charge in [-0.1, -0.05) is 0 Å². The molecule has 1 aromatic rings. The number of hydrogen-bond donors (Lipinski definition) is 1. The number of ether oxygens (including phenoxy) is 1. The number of nitrogens with zero attached hydrogens (tertiary/aromatic N) is 4. The molecule has 1 N–H and O–H groups in total. The van der Waals surface area contributed by atoms with Gasteiger partial charge in [0.1, 0.15) is 0 Å². The molecule has 3 rings (SSSR count). The molecular formula is C16H27N5O. The molecule has 22 heavy (non-hydrogen) atoms. The van der Waals surface area contributed by atoms with Crippen LogP contribution in [-0.4, -0.2) is 72.9 Å². The van der Waals surface area contributed by atoms with Gasteiger partial charge in [-0.25, -0.2) is 9.97 Å². The van der Waals surface area contributed by atoms with Gasteiger partial charge in [-0.05, 0) is 32.9 Å². The van der Waals surface area contributed by atoms with Crippen LogP contribution in [-0.2, 0) is 4.74 Å². The maximum absolute atomic E-state index is 5.88. The van der Waals surface area contributed by atoms with Crippen LogP contribution in [0.25, 0.3) is 0 Å². The van der Waals surface area contributed by atoms with Gasteiger partial charge in [-0.2, -0.15) is 0 Å². The highest BCUT2D eigenvalue weighted by atomic mass is 16.5. The molecule has 2 aliphatic rings. The Morgan fingerprint density at radius 2 is 1.95 bits per heavy atom. The molecule has 2 atom stereocenters. The predicted octanol–water partition coefficient (Wildman–Crippen LogP) is 0.754. The Morgan fingerprint density at radius 3 is 2.64 bits per heavy atom. The Balaban J connectivity index is 1.49. The quantitative estimate of drug-likeness (QED) is 0.866. The monoisotopic (exact) mass is 305 g/mol. The minimum Gasteiger partial charge on any atom is -0.375 e. The normalized spacial score (nSPS) is 27.5. The van der Waals surface area contributed by atoms with Crippen molar-refractivity contribution in [3.63, 3.8) is 0 Å². The first kappa shape index (κ1) is 15.6. The van der Waals surface area contributed by atoms with Gasteiger partial charge in [0.05, 0.1) is 6.10 Å². The van der Waals surface area contributed by atoms with Gasteiger partial charge in [0.25, 0.3) is 0 Å². The van der Waals surface area contributed by atoms with Crippen molar-refractivity contribution in [2.45, 2.75) is 38.0 Å². The van der Waals surface area contributed by atoms with Gasteiger partial charge in [-0.15, -0.1) is 0 Å². The molecule has 6 heteroatoms. The molecular weight excluding hydrogens is 278 g/mol. The third-order valence-electron chi connectivity index (χ3n) is 4.61. The van der Waals surface area contributed by atoms with E-state index in [1.165, 1.54) is 0 Å². The minimum absolute atomic E-state index is 0.325. The number of likely N-dealkylation sites (tertiary alicyclic amines) is 1. The lowest BCUT2D eigenvalue weighted by atomic mass is 10.0. The van der Waals surface area contributed by atoms with Gasteiger partial charge in [-0.3, -0.25) is 0 Å². The van der Waals surface area contributed by atoms with E-state index in [9.17, 15) is 0 Å². The van der Waals surface area contributed by atoms with Crippen molar-refractivity contribution in [3.05, 3.63) is 18.5 Å². The molecule has 0 aromatic carbocycles. The van der Waals surface area contributed by atoms with Crippen LogP contribution in [0.3, 0.4) is 0 Å². The Morgan fingerprint density at radius 1 is 1.23 bits per heavy atom. The van der Waals surface area contributed by atoms with Gasteiger partial charge in [0.15, 0.2) is 0 Å². The lowest BCUT2D eigenvalue weighted by molar-refractivity contribution is 0.0511. The summed E-state index contributed by atoms with van der Waals surface area (Å²) in [5.41, 5.74) is 0. The largest absolute Gasteiger partial charge is 0.375 e. The van der Waals surface area contributed by atoms with Gasteiger partial charge in [0, 0.05) is 57.3 Å². The van der Waals surface area contributed by atoms with Gasteiger partial charge in [0.2, 0.25) is 5.95 Å². The lowest BCUT2D eigenvalue weighted by Gasteiger charge is -2.34. The lowest BCUT2D eigenvalue weighted by Crippen LogP contribution is -2.50. The Hall–Kier alpha value is -1.24. The van der Waals surface area contributed by atoms with Crippen LogP contribution >= 0.6 is 0 Å². The van der Waals surface area contributed by atoms with E-state index >= 15 is 0 Å². The zero-order chi connectivity index (χ0) is 15.4. The molecule has 2 aliphatic heterocycles. The van der Waals surface area contributed by atoms with Crippen LogP contribution in [0.1, 0.15) is 19.8 Å². The summed E-state index contributed by atoms with van der Waals surface area (Å²) in [7, 11) is 2.17. The van der Waals surface area contributed by atoms with E-state index in [-0.39, 0.29) is 0 Å². The summed E-state index contributed by atoms with van der Waals surface area (Å²) in [4.78, 5) is 13.3. The van der Waals surface area contributed by atoms with Crippen LogP contribution in [0, 0.1) is 0 Å². The topological polar surface area (TPSA) is 53.5 Å². The summed E-state index contributed by atoms with van der Waals surface area (Å²) in [6.07, 6.45) is 6.22. The van der Waals surface area contributed by atoms with E-state index in [0.717, 1.165) is 51.6 Å². The van der Waals surface area contributed by atoms with Crippen LogP contribution < -0.4 is 10.2 Å². The molecule has 0 aliphatic carbocycles. The fraction of sp³-hybridized carbons (Fsp3) is 0.750. The van der Waals surface area contributed by atoms with Crippen molar-refractivity contribution >= 4 is 5.95 Å². The zero-order valence-corrected chi connectivity index (χ0v) is 13.6. The highest BCUT2D eigenvalue weighted by Crippen LogP contribution is 2.18. The van der Waals surface area contributed by atoms with Crippen LogP contribution in [0.4, 0.5) is 5.95 Å². The van der Waals surface area contributed by atoms with Crippen molar-refractivity contribution in [2.24, 2.45) is 0 Å². The average Bonchev–Trinajstić information content (AvgIpc) is 2.89. The molecule has 0 spiro atoms. The average molecular weight is 305 g/mol. The second-order valence-corrected chi connectivity index (χ2v) is 6.30. The summed E-state index contributed by atoms with van der Waals surface area (Å²) < 4.78 is 5.88. The second-order valence-electron chi connectivity index (χ2n) is 6.30. The van der Waals surface area contributed by atoms with Crippen molar-refractivity contribution in [2.75, 3.05) is 44.7 Å². The Labute approximate surface area is 132 Å². The summed E-state index contributed by atoms with van der Waals surface area (Å²) >= 11 is 0. The number of likely N-dealkylation sites (N-methyl/N-ethyl adjacent to an activating group) is 1. The zero-order valence-electron chi connectivity index (χ0n) is 13.6. The maximum Gasteiger partial charge on any atom is 0.225 e. The van der Waals surface area contributed by atoms with Crippen LogP contribution in [0.2, 0.25) is 0 Å². The molecule has 0 bridgehead atoms. The first-order chi connectivity index (χ1) is 10.8. The molecule has 122 valence electrons. The number of hydrogen-bond acceptors (Lipinski definition) is 6. The third kappa shape index (κ3) is 3.74. The summed E-state index contributed by atoms with van der Waals surface area (Å²) in [5.74, 6) is 0.855. The standard InChI is InChI=1S/C16H27N5O/c1-3-22-15-12-20(2)11-14(15)19-13-5-9-21(10-6-13)16-17-7-4-8-18-16/h4,7-8,13-15,19H,3,5-6,9-12H2,1-2H3/t14-,15-/m0/s1. The van der Waals surface area contributed by atoms with E-state index in [0.29, 0.717) is 18.2 Å². The van der Waals surface area contributed by atoms with E-state index in [2.05, 4.69) is 39.1 Å². The molecule has 6 nitrogen and oxygen atoms in total. The van der Waals surface area contributed by atoms with Crippen molar-refractivity contribution < 1.29 is 4.74 Å².